The summed E-state index contributed by atoms with van der Waals surface area (Å²) in [6.45, 7) is 1.90. The molecule has 0 saturated heterocycles. The summed E-state index contributed by atoms with van der Waals surface area (Å²) in [4.78, 5) is 9.88. The molecule has 0 aliphatic rings. The summed E-state index contributed by atoms with van der Waals surface area (Å²) < 4.78 is 0. The summed E-state index contributed by atoms with van der Waals surface area (Å²) in [5.74, 6) is -0.945. The van der Waals surface area contributed by atoms with Crippen LogP contribution in [0.3, 0.4) is 0 Å². The van der Waals surface area contributed by atoms with Gasteiger partial charge in [0.05, 0.1) is 0 Å². The third-order valence-corrected chi connectivity index (χ3v) is 0.957. The summed E-state index contributed by atoms with van der Waals surface area (Å²) >= 11 is 0. The van der Waals surface area contributed by atoms with Crippen molar-refractivity contribution >= 4 is 5.97 Å². The molecular formula is C6H11NO2. The SMILES string of the molecule is CCC(N)C=CC(=O)O. The quantitative estimate of drug-likeness (QED) is 0.541. The van der Waals surface area contributed by atoms with Crippen LogP contribution in [0.2, 0.25) is 0 Å². The first kappa shape index (κ1) is 8.17. The lowest BCUT2D eigenvalue weighted by atomic mass is 10.2. The molecule has 0 bridgehead atoms. The third kappa shape index (κ3) is 5.03. The molecule has 0 amide bonds. The van der Waals surface area contributed by atoms with Gasteiger partial charge in [0.25, 0.3) is 0 Å². The van der Waals surface area contributed by atoms with Gasteiger partial charge < -0.3 is 10.8 Å². The zero-order valence-corrected chi connectivity index (χ0v) is 5.37. The van der Waals surface area contributed by atoms with Gasteiger partial charge in [0.2, 0.25) is 0 Å². The standard InChI is InChI=1S/C6H11NO2/c1-2-5(7)3-4-6(8)9/h3-5H,2,7H2,1H3,(H,8,9). The topological polar surface area (TPSA) is 63.3 Å². The normalized spacial score (nSPS) is 14.0. The molecule has 0 rings (SSSR count). The van der Waals surface area contributed by atoms with Crippen LogP contribution in [0, 0.1) is 0 Å². The van der Waals surface area contributed by atoms with E-state index >= 15 is 0 Å². The minimum absolute atomic E-state index is 0.124. The van der Waals surface area contributed by atoms with Gasteiger partial charge >= 0.3 is 5.97 Å². The number of carboxylic acid groups (broad SMARTS) is 1. The molecule has 1 unspecified atom stereocenters. The summed E-state index contributed by atoms with van der Waals surface area (Å²) in [5, 5.41) is 8.12. The molecular weight excluding hydrogens is 118 g/mol. The van der Waals surface area contributed by atoms with Gasteiger partial charge in [0.1, 0.15) is 0 Å². The molecule has 3 heteroatoms. The van der Waals surface area contributed by atoms with Crippen molar-refractivity contribution in [3.63, 3.8) is 0 Å². The van der Waals surface area contributed by atoms with Gasteiger partial charge in [-0.2, -0.15) is 0 Å². The fraction of sp³-hybridized carbons (Fsp3) is 0.500. The van der Waals surface area contributed by atoms with Crippen LogP contribution in [0.15, 0.2) is 12.2 Å². The monoisotopic (exact) mass is 129 g/mol. The van der Waals surface area contributed by atoms with E-state index in [2.05, 4.69) is 0 Å². The number of hydrogen-bond donors (Lipinski definition) is 2. The molecule has 52 valence electrons. The van der Waals surface area contributed by atoms with E-state index in [1.165, 1.54) is 6.08 Å². The largest absolute Gasteiger partial charge is 0.478 e. The Kier molecular flexibility index (Phi) is 3.71. The highest BCUT2D eigenvalue weighted by Crippen LogP contribution is 1.86. The molecule has 0 aliphatic heterocycles. The molecule has 3 N–H and O–H groups in total. The first-order chi connectivity index (χ1) is 4.16. The maximum atomic E-state index is 9.88. The van der Waals surface area contributed by atoms with E-state index in [0.717, 1.165) is 12.5 Å². The van der Waals surface area contributed by atoms with Crippen molar-refractivity contribution in [2.24, 2.45) is 5.73 Å². The van der Waals surface area contributed by atoms with Gasteiger partial charge in [0.15, 0.2) is 0 Å². The van der Waals surface area contributed by atoms with Crippen molar-refractivity contribution in [1.82, 2.24) is 0 Å². The smallest absolute Gasteiger partial charge is 0.328 e. The number of aliphatic carboxylic acids is 1. The highest BCUT2D eigenvalue weighted by molar-refractivity contribution is 5.79. The lowest BCUT2D eigenvalue weighted by Gasteiger charge is -1.96. The van der Waals surface area contributed by atoms with E-state index in [1.54, 1.807) is 0 Å². The molecule has 0 aromatic heterocycles. The van der Waals surface area contributed by atoms with Crippen LogP contribution in [-0.4, -0.2) is 17.1 Å². The Morgan fingerprint density at radius 1 is 1.89 bits per heavy atom. The van der Waals surface area contributed by atoms with Gasteiger partial charge in [-0.25, -0.2) is 4.79 Å². The van der Waals surface area contributed by atoms with Crippen molar-refractivity contribution in [3.8, 4) is 0 Å². The molecule has 0 radical (unpaired) electrons. The maximum Gasteiger partial charge on any atom is 0.328 e. The summed E-state index contributed by atoms with van der Waals surface area (Å²) in [6, 6.07) is -0.124. The summed E-state index contributed by atoms with van der Waals surface area (Å²) in [7, 11) is 0. The van der Waals surface area contributed by atoms with Gasteiger partial charge in [-0.05, 0) is 6.42 Å². The first-order valence-electron chi connectivity index (χ1n) is 2.83. The minimum atomic E-state index is -0.945. The second-order valence-electron chi connectivity index (χ2n) is 1.77. The van der Waals surface area contributed by atoms with E-state index in [0.29, 0.717) is 0 Å². The van der Waals surface area contributed by atoms with Crippen molar-refractivity contribution in [2.75, 3.05) is 0 Å². The zero-order valence-electron chi connectivity index (χ0n) is 5.37. The van der Waals surface area contributed by atoms with E-state index in [-0.39, 0.29) is 6.04 Å². The van der Waals surface area contributed by atoms with E-state index in [9.17, 15) is 4.79 Å². The second-order valence-corrected chi connectivity index (χ2v) is 1.77. The predicted octanol–water partition coefficient (Wildman–Crippen LogP) is 0.365. The lowest BCUT2D eigenvalue weighted by molar-refractivity contribution is -0.131. The first-order valence-corrected chi connectivity index (χ1v) is 2.83. The summed E-state index contributed by atoms with van der Waals surface area (Å²) in [5.41, 5.74) is 5.37. The van der Waals surface area contributed by atoms with Crippen LogP contribution in [-0.2, 0) is 4.79 Å². The molecule has 0 aromatic carbocycles. The molecule has 0 saturated carbocycles. The van der Waals surface area contributed by atoms with E-state index in [4.69, 9.17) is 10.8 Å². The van der Waals surface area contributed by atoms with Crippen molar-refractivity contribution < 1.29 is 9.90 Å². The second kappa shape index (κ2) is 4.09. The third-order valence-electron chi connectivity index (χ3n) is 0.957. The van der Waals surface area contributed by atoms with E-state index in [1.807, 2.05) is 6.92 Å². The molecule has 0 aromatic rings. The summed E-state index contributed by atoms with van der Waals surface area (Å²) in [6.07, 6.45) is 3.31. The number of hydrogen-bond acceptors (Lipinski definition) is 2. The van der Waals surface area contributed by atoms with Gasteiger partial charge in [-0.15, -0.1) is 0 Å². The van der Waals surface area contributed by atoms with Crippen LogP contribution in [0.25, 0.3) is 0 Å². The van der Waals surface area contributed by atoms with Crippen LogP contribution >= 0.6 is 0 Å². The Morgan fingerprint density at radius 3 is 2.78 bits per heavy atom. The van der Waals surface area contributed by atoms with Crippen LogP contribution in [0.4, 0.5) is 0 Å². The van der Waals surface area contributed by atoms with Gasteiger partial charge in [-0.1, -0.05) is 13.0 Å². The van der Waals surface area contributed by atoms with Crippen molar-refractivity contribution in [1.29, 1.82) is 0 Å². The molecule has 0 fully saturated rings. The number of carbonyl (C=O) groups is 1. The highest BCUT2D eigenvalue weighted by atomic mass is 16.4. The predicted molar refractivity (Wildman–Crippen MR) is 35.0 cm³/mol. The molecule has 1 atom stereocenters. The average Bonchev–Trinajstić information content (AvgIpc) is 1.83. The van der Waals surface area contributed by atoms with Crippen LogP contribution < -0.4 is 5.73 Å². The van der Waals surface area contributed by atoms with Crippen LogP contribution in [0.5, 0.6) is 0 Å². The van der Waals surface area contributed by atoms with Crippen molar-refractivity contribution in [2.45, 2.75) is 19.4 Å². The number of carboxylic acids is 1. The zero-order chi connectivity index (χ0) is 7.28. The van der Waals surface area contributed by atoms with E-state index < -0.39 is 5.97 Å². The lowest BCUT2D eigenvalue weighted by Crippen LogP contribution is -2.15. The Hall–Kier alpha value is -0.830. The van der Waals surface area contributed by atoms with Gasteiger partial charge in [0, 0.05) is 12.1 Å². The number of nitrogens with two attached hydrogens (primary N) is 1. The highest BCUT2D eigenvalue weighted by Gasteiger charge is 1.91. The Morgan fingerprint density at radius 2 is 2.44 bits per heavy atom. The maximum absolute atomic E-state index is 9.88. The molecule has 3 nitrogen and oxygen atoms in total. The molecule has 0 aliphatic carbocycles. The Labute approximate surface area is 54.2 Å². The van der Waals surface area contributed by atoms with Crippen LogP contribution in [0.1, 0.15) is 13.3 Å². The van der Waals surface area contributed by atoms with Gasteiger partial charge in [-0.3, -0.25) is 0 Å². The fourth-order valence-corrected chi connectivity index (χ4v) is 0.342. The Balaban J connectivity index is 3.56. The molecule has 0 spiro atoms. The van der Waals surface area contributed by atoms with Crippen molar-refractivity contribution in [3.05, 3.63) is 12.2 Å². The average molecular weight is 129 g/mol. The fourth-order valence-electron chi connectivity index (χ4n) is 0.342. The molecule has 9 heavy (non-hydrogen) atoms. The minimum Gasteiger partial charge on any atom is -0.478 e. The Bertz CT molecular complexity index is 120. The number of rotatable bonds is 3. The molecule has 0 heterocycles.